The Kier molecular flexibility index (Phi) is 4.71. The molecule has 2 rings (SSSR count). The predicted octanol–water partition coefficient (Wildman–Crippen LogP) is 3.13. The van der Waals surface area contributed by atoms with Crippen LogP contribution in [-0.2, 0) is 0 Å². The van der Waals surface area contributed by atoms with Gasteiger partial charge in [0.2, 0.25) is 0 Å². The Morgan fingerprint density at radius 1 is 1.42 bits per heavy atom. The van der Waals surface area contributed by atoms with E-state index in [9.17, 15) is 5.11 Å². The molecule has 0 radical (unpaired) electrons. The second-order valence-electron chi connectivity index (χ2n) is 5.42. The topological polar surface area (TPSA) is 26.7 Å². The molecule has 1 aromatic rings. The molecule has 0 saturated carbocycles. The number of phenolic OH excluding ortho intramolecular Hbond substituents is 1. The van der Waals surface area contributed by atoms with E-state index in [-0.39, 0.29) is 6.04 Å². The van der Waals surface area contributed by atoms with Crippen LogP contribution < -0.4 is 0 Å². The van der Waals surface area contributed by atoms with Gasteiger partial charge in [-0.25, -0.2) is 0 Å². The minimum atomic E-state index is 0.196. The minimum absolute atomic E-state index is 0.196. The molecule has 4 heteroatoms. The fourth-order valence-electron chi connectivity index (χ4n) is 2.82. The van der Waals surface area contributed by atoms with E-state index in [0.29, 0.717) is 16.8 Å². The summed E-state index contributed by atoms with van der Waals surface area (Å²) in [6.07, 6.45) is 1.15. The molecule has 1 aliphatic heterocycles. The SMILES string of the molecule is CCC1CN(C(C)c2cc(Cl)ccc2O)CCN1C. The van der Waals surface area contributed by atoms with Gasteiger partial charge in [0.05, 0.1) is 0 Å². The van der Waals surface area contributed by atoms with Gasteiger partial charge in [-0.2, -0.15) is 0 Å². The number of rotatable bonds is 3. The molecule has 2 atom stereocenters. The van der Waals surface area contributed by atoms with Crippen LogP contribution >= 0.6 is 11.6 Å². The molecule has 0 spiro atoms. The Morgan fingerprint density at radius 2 is 2.16 bits per heavy atom. The molecule has 1 N–H and O–H groups in total. The van der Waals surface area contributed by atoms with Gasteiger partial charge < -0.3 is 10.0 Å². The van der Waals surface area contributed by atoms with Crippen LogP contribution in [0.2, 0.25) is 5.02 Å². The first-order chi connectivity index (χ1) is 9.02. The van der Waals surface area contributed by atoms with Gasteiger partial charge >= 0.3 is 0 Å². The highest BCUT2D eigenvalue weighted by Crippen LogP contribution is 2.32. The van der Waals surface area contributed by atoms with Crippen molar-refractivity contribution in [3.63, 3.8) is 0 Å². The normalized spacial score (nSPS) is 23.5. The van der Waals surface area contributed by atoms with Gasteiger partial charge in [-0.05, 0) is 38.6 Å². The maximum Gasteiger partial charge on any atom is 0.120 e. The summed E-state index contributed by atoms with van der Waals surface area (Å²) >= 11 is 6.04. The van der Waals surface area contributed by atoms with Gasteiger partial charge in [0.15, 0.2) is 0 Å². The molecular weight excluding hydrogens is 260 g/mol. The largest absolute Gasteiger partial charge is 0.508 e. The van der Waals surface area contributed by atoms with Gasteiger partial charge in [-0.1, -0.05) is 18.5 Å². The summed E-state index contributed by atoms with van der Waals surface area (Å²) in [6.45, 7) is 7.51. The molecule has 1 heterocycles. The first kappa shape index (κ1) is 14.6. The van der Waals surface area contributed by atoms with Crippen molar-refractivity contribution in [1.82, 2.24) is 9.80 Å². The summed E-state index contributed by atoms with van der Waals surface area (Å²) in [4.78, 5) is 4.85. The fraction of sp³-hybridized carbons (Fsp3) is 0.600. The van der Waals surface area contributed by atoms with E-state index in [1.807, 2.05) is 6.07 Å². The number of piperazine rings is 1. The quantitative estimate of drug-likeness (QED) is 0.923. The van der Waals surface area contributed by atoms with Crippen LogP contribution in [0.1, 0.15) is 31.9 Å². The monoisotopic (exact) mass is 282 g/mol. The first-order valence-corrected chi connectivity index (χ1v) is 7.33. The molecule has 1 fully saturated rings. The van der Waals surface area contributed by atoms with Crippen molar-refractivity contribution in [2.24, 2.45) is 0 Å². The molecule has 0 aliphatic carbocycles. The summed E-state index contributed by atoms with van der Waals surface area (Å²) < 4.78 is 0. The Bertz CT molecular complexity index is 438. The van der Waals surface area contributed by atoms with Crippen LogP contribution in [0, 0.1) is 0 Å². The van der Waals surface area contributed by atoms with Crippen LogP contribution in [0.5, 0.6) is 5.75 Å². The van der Waals surface area contributed by atoms with Gasteiger partial charge in [0.1, 0.15) is 5.75 Å². The maximum atomic E-state index is 10.0. The van der Waals surface area contributed by atoms with Crippen molar-refractivity contribution in [2.45, 2.75) is 32.4 Å². The molecule has 0 aromatic heterocycles. The average molecular weight is 283 g/mol. The van der Waals surface area contributed by atoms with Gasteiger partial charge in [0, 0.05) is 42.3 Å². The molecule has 3 nitrogen and oxygen atoms in total. The fourth-order valence-corrected chi connectivity index (χ4v) is 3.00. The summed E-state index contributed by atoms with van der Waals surface area (Å²) in [5.41, 5.74) is 0.923. The standard InChI is InChI=1S/C15H23ClN2O/c1-4-13-10-18(8-7-17(13)3)11(2)14-9-12(16)5-6-15(14)19/h5-6,9,11,13,19H,4,7-8,10H2,1-3H3. The molecule has 2 unspecified atom stereocenters. The van der Waals surface area contributed by atoms with Crippen molar-refractivity contribution >= 4 is 11.6 Å². The van der Waals surface area contributed by atoms with Gasteiger partial charge in [-0.15, -0.1) is 0 Å². The lowest BCUT2D eigenvalue weighted by molar-refractivity contribution is 0.0667. The molecular formula is C15H23ClN2O. The lowest BCUT2D eigenvalue weighted by atomic mass is 10.0. The summed E-state index contributed by atoms with van der Waals surface area (Å²) in [7, 11) is 2.19. The van der Waals surface area contributed by atoms with E-state index in [2.05, 4.69) is 30.7 Å². The van der Waals surface area contributed by atoms with Crippen LogP contribution in [-0.4, -0.2) is 47.6 Å². The van der Waals surface area contributed by atoms with Crippen LogP contribution in [0.4, 0.5) is 0 Å². The van der Waals surface area contributed by atoms with Crippen LogP contribution in [0.25, 0.3) is 0 Å². The molecule has 0 bridgehead atoms. The van der Waals surface area contributed by atoms with E-state index in [1.54, 1.807) is 12.1 Å². The highest BCUT2D eigenvalue weighted by Gasteiger charge is 2.27. The number of hydrogen-bond donors (Lipinski definition) is 1. The Morgan fingerprint density at radius 3 is 2.84 bits per heavy atom. The molecule has 106 valence electrons. The van der Waals surface area contributed by atoms with Gasteiger partial charge in [0.25, 0.3) is 0 Å². The maximum absolute atomic E-state index is 10.0. The number of halogens is 1. The van der Waals surface area contributed by atoms with Crippen LogP contribution in [0.3, 0.4) is 0 Å². The third-order valence-corrected chi connectivity index (χ3v) is 4.50. The summed E-state index contributed by atoms with van der Waals surface area (Å²) in [5.74, 6) is 0.337. The first-order valence-electron chi connectivity index (χ1n) is 6.95. The number of hydrogen-bond acceptors (Lipinski definition) is 3. The Balaban J connectivity index is 2.15. The van der Waals surface area contributed by atoms with Crippen molar-refractivity contribution in [3.05, 3.63) is 28.8 Å². The Labute approximate surface area is 120 Å². The molecule has 1 aromatic carbocycles. The van der Waals surface area contributed by atoms with Crippen molar-refractivity contribution < 1.29 is 5.11 Å². The van der Waals surface area contributed by atoms with Crippen molar-refractivity contribution in [2.75, 3.05) is 26.7 Å². The van der Waals surface area contributed by atoms with Gasteiger partial charge in [-0.3, -0.25) is 4.90 Å². The predicted molar refractivity (Wildman–Crippen MR) is 79.8 cm³/mol. The third kappa shape index (κ3) is 3.22. The van der Waals surface area contributed by atoms with E-state index in [0.717, 1.165) is 31.6 Å². The van der Waals surface area contributed by atoms with E-state index in [1.165, 1.54) is 0 Å². The molecule has 0 amide bonds. The lowest BCUT2D eigenvalue weighted by Gasteiger charge is -2.42. The highest BCUT2D eigenvalue weighted by molar-refractivity contribution is 6.30. The minimum Gasteiger partial charge on any atom is -0.508 e. The molecule has 19 heavy (non-hydrogen) atoms. The Hall–Kier alpha value is -0.770. The molecule has 1 aliphatic rings. The zero-order valence-electron chi connectivity index (χ0n) is 11.9. The zero-order valence-corrected chi connectivity index (χ0v) is 12.7. The third-order valence-electron chi connectivity index (χ3n) is 4.27. The second-order valence-corrected chi connectivity index (χ2v) is 5.85. The summed E-state index contributed by atoms with van der Waals surface area (Å²) in [6, 6.07) is 6.08. The number of aromatic hydroxyl groups is 1. The lowest BCUT2D eigenvalue weighted by Crippen LogP contribution is -2.51. The van der Waals surface area contributed by atoms with Crippen molar-refractivity contribution in [1.29, 1.82) is 0 Å². The molecule has 1 saturated heterocycles. The number of nitrogens with zero attached hydrogens (tertiary/aromatic N) is 2. The highest BCUT2D eigenvalue weighted by atomic mass is 35.5. The van der Waals surface area contributed by atoms with Crippen molar-refractivity contribution in [3.8, 4) is 5.75 Å². The van der Waals surface area contributed by atoms with E-state index in [4.69, 9.17) is 11.6 Å². The zero-order chi connectivity index (χ0) is 14.0. The number of phenols is 1. The second kappa shape index (κ2) is 6.12. The van der Waals surface area contributed by atoms with E-state index < -0.39 is 0 Å². The summed E-state index contributed by atoms with van der Waals surface area (Å²) in [5, 5.41) is 10.7. The number of likely N-dealkylation sites (N-methyl/N-ethyl adjacent to an activating group) is 1. The van der Waals surface area contributed by atoms with E-state index >= 15 is 0 Å². The smallest absolute Gasteiger partial charge is 0.120 e. The average Bonchev–Trinajstić information content (AvgIpc) is 2.41. The number of benzene rings is 1. The van der Waals surface area contributed by atoms with Crippen LogP contribution in [0.15, 0.2) is 18.2 Å².